The third kappa shape index (κ3) is 4.78. The number of aromatic nitrogens is 4. The quantitative estimate of drug-likeness (QED) is 0.560. The number of carbonyl (C=O) groups is 1. The van der Waals surface area contributed by atoms with Gasteiger partial charge in [0.1, 0.15) is 17.3 Å². The van der Waals surface area contributed by atoms with Gasteiger partial charge in [0.25, 0.3) is 5.91 Å². The van der Waals surface area contributed by atoms with Gasteiger partial charge in [-0.1, -0.05) is 12.1 Å². The van der Waals surface area contributed by atoms with Gasteiger partial charge in [-0.15, -0.1) is 0 Å². The Morgan fingerprint density at radius 2 is 1.80 bits per heavy atom. The molecule has 0 radical (unpaired) electrons. The van der Waals surface area contributed by atoms with Gasteiger partial charge in [-0.2, -0.15) is 5.10 Å². The van der Waals surface area contributed by atoms with E-state index in [1.54, 1.807) is 0 Å². The highest BCUT2D eigenvalue weighted by Crippen LogP contribution is 2.54. The molecule has 0 aliphatic heterocycles. The molecular weight excluding hydrogens is 436 g/mol. The Morgan fingerprint density at radius 1 is 1.09 bits per heavy atom. The molecule has 7 heteroatoms. The molecule has 1 amide bonds. The van der Waals surface area contributed by atoms with Gasteiger partial charge in [-0.25, -0.2) is 9.97 Å². The number of amides is 1. The molecule has 2 aliphatic rings. The first-order valence-electron chi connectivity index (χ1n) is 12.9. The normalized spacial score (nSPS) is 24.4. The Balaban J connectivity index is 1.19. The molecule has 1 aromatic carbocycles. The van der Waals surface area contributed by atoms with Gasteiger partial charge >= 0.3 is 0 Å². The van der Waals surface area contributed by atoms with Crippen LogP contribution in [0.15, 0.2) is 30.3 Å². The second-order valence-electron chi connectivity index (χ2n) is 11.7. The Kier molecular flexibility index (Phi) is 6.06. The van der Waals surface area contributed by atoms with Crippen LogP contribution in [0, 0.1) is 18.8 Å². The standard InChI is InChI=1S/C28H38N6O/c1-17-15-24(32-34(17)28(2,3)4)27(35)29-19-13-11-18(12-14-19)21-16-22(21)25-30-23-10-8-7-9-20(23)26(31-25)33(5)6/h7-10,15,18-19,21-22H,11-14,16H2,1-6H3,(H,29,35). The van der Waals surface area contributed by atoms with Gasteiger partial charge in [-0.05, 0) is 89.8 Å². The lowest BCUT2D eigenvalue weighted by molar-refractivity contribution is 0.0913. The average Bonchev–Trinajstić information content (AvgIpc) is 3.51. The topological polar surface area (TPSA) is 75.9 Å². The lowest BCUT2D eigenvalue weighted by Gasteiger charge is -2.29. The molecule has 1 N–H and O–H groups in total. The van der Waals surface area contributed by atoms with Crippen molar-refractivity contribution in [3.63, 3.8) is 0 Å². The molecule has 5 rings (SSSR count). The summed E-state index contributed by atoms with van der Waals surface area (Å²) in [6, 6.07) is 10.4. The minimum Gasteiger partial charge on any atom is -0.362 e. The van der Waals surface area contributed by atoms with Gasteiger partial charge < -0.3 is 10.2 Å². The summed E-state index contributed by atoms with van der Waals surface area (Å²) in [5, 5.41) is 8.92. The number of para-hydroxylation sites is 1. The second-order valence-corrected chi connectivity index (χ2v) is 11.7. The first-order chi connectivity index (χ1) is 16.6. The number of aryl methyl sites for hydroxylation is 1. The second kappa shape index (κ2) is 8.92. The van der Waals surface area contributed by atoms with Gasteiger partial charge in [0.2, 0.25) is 0 Å². The first-order valence-corrected chi connectivity index (χ1v) is 12.9. The molecule has 186 valence electrons. The van der Waals surface area contributed by atoms with E-state index in [0.29, 0.717) is 23.4 Å². The van der Waals surface area contributed by atoms with E-state index in [1.165, 1.54) is 6.42 Å². The number of hydrogen-bond acceptors (Lipinski definition) is 5. The molecule has 0 spiro atoms. The van der Waals surface area contributed by atoms with Crippen LogP contribution in [0.3, 0.4) is 0 Å². The molecule has 35 heavy (non-hydrogen) atoms. The zero-order valence-electron chi connectivity index (χ0n) is 21.9. The van der Waals surface area contributed by atoms with Crippen LogP contribution >= 0.6 is 0 Å². The third-order valence-corrected chi connectivity index (χ3v) is 7.66. The predicted molar refractivity (Wildman–Crippen MR) is 140 cm³/mol. The summed E-state index contributed by atoms with van der Waals surface area (Å²) < 4.78 is 1.93. The number of fused-ring (bicyclic) bond motifs is 1. The van der Waals surface area contributed by atoms with E-state index < -0.39 is 0 Å². The first kappa shape index (κ1) is 23.8. The fraction of sp³-hybridized carbons (Fsp3) is 0.571. The average molecular weight is 475 g/mol. The minimum absolute atomic E-state index is 0.0513. The van der Waals surface area contributed by atoms with E-state index in [4.69, 9.17) is 9.97 Å². The number of carbonyl (C=O) groups excluding carboxylic acids is 1. The van der Waals surface area contributed by atoms with Crippen LogP contribution in [0.5, 0.6) is 0 Å². The van der Waals surface area contributed by atoms with E-state index in [-0.39, 0.29) is 17.5 Å². The molecule has 2 aromatic heterocycles. The van der Waals surface area contributed by atoms with Crippen molar-refractivity contribution < 1.29 is 4.79 Å². The molecule has 3 aromatic rings. The predicted octanol–water partition coefficient (Wildman–Crippen LogP) is 5.05. The number of rotatable bonds is 5. The lowest BCUT2D eigenvalue weighted by Crippen LogP contribution is -2.38. The number of nitrogens with one attached hydrogen (secondary N) is 1. The van der Waals surface area contributed by atoms with Crippen LogP contribution in [-0.2, 0) is 5.54 Å². The Bertz CT molecular complexity index is 1230. The van der Waals surface area contributed by atoms with Gasteiger partial charge in [-0.3, -0.25) is 9.48 Å². The minimum atomic E-state index is -0.135. The van der Waals surface area contributed by atoms with Crippen LogP contribution in [-0.4, -0.2) is 45.8 Å². The molecule has 0 bridgehead atoms. The van der Waals surface area contributed by atoms with Crippen LogP contribution in [0.2, 0.25) is 0 Å². The van der Waals surface area contributed by atoms with E-state index in [1.807, 2.05) is 43.9 Å². The summed E-state index contributed by atoms with van der Waals surface area (Å²) in [6.07, 6.45) is 5.53. The number of benzene rings is 1. The maximum Gasteiger partial charge on any atom is 0.272 e. The van der Waals surface area contributed by atoms with Crippen LogP contribution in [0.1, 0.15) is 80.8 Å². The maximum absolute atomic E-state index is 12.9. The van der Waals surface area contributed by atoms with Crippen LogP contribution < -0.4 is 10.2 Å². The van der Waals surface area contributed by atoms with Crippen molar-refractivity contribution in [2.45, 2.75) is 77.3 Å². The highest BCUT2D eigenvalue weighted by molar-refractivity contribution is 5.92. The number of nitrogens with zero attached hydrogens (tertiary/aromatic N) is 5. The number of anilines is 1. The summed E-state index contributed by atoms with van der Waals surface area (Å²) in [5.74, 6) is 3.76. The van der Waals surface area contributed by atoms with Crippen molar-refractivity contribution in [1.29, 1.82) is 0 Å². The van der Waals surface area contributed by atoms with E-state index in [2.05, 4.69) is 48.2 Å². The molecule has 2 aliphatic carbocycles. The summed E-state index contributed by atoms with van der Waals surface area (Å²) in [6.45, 7) is 8.31. The highest BCUT2D eigenvalue weighted by Gasteiger charge is 2.46. The summed E-state index contributed by atoms with van der Waals surface area (Å²) >= 11 is 0. The van der Waals surface area contributed by atoms with Crippen molar-refractivity contribution in [1.82, 2.24) is 25.1 Å². The van der Waals surface area contributed by atoms with Crippen molar-refractivity contribution >= 4 is 22.6 Å². The molecule has 2 atom stereocenters. The largest absolute Gasteiger partial charge is 0.362 e. The molecule has 2 heterocycles. The maximum atomic E-state index is 12.9. The third-order valence-electron chi connectivity index (χ3n) is 7.66. The van der Waals surface area contributed by atoms with Gasteiger partial charge in [0.05, 0.1) is 11.1 Å². The Hall–Kier alpha value is -2.96. The fourth-order valence-electron chi connectivity index (χ4n) is 5.83. The molecule has 2 fully saturated rings. The lowest BCUT2D eigenvalue weighted by atomic mass is 9.82. The van der Waals surface area contributed by atoms with Gasteiger partial charge in [0, 0.05) is 37.1 Å². The fourth-order valence-corrected chi connectivity index (χ4v) is 5.83. The Morgan fingerprint density at radius 3 is 2.46 bits per heavy atom. The smallest absolute Gasteiger partial charge is 0.272 e. The Labute approximate surface area is 208 Å². The van der Waals surface area contributed by atoms with Crippen LogP contribution in [0.4, 0.5) is 5.82 Å². The van der Waals surface area contributed by atoms with E-state index in [0.717, 1.165) is 53.9 Å². The molecule has 2 unspecified atom stereocenters. The highest BCUT2D eigenvalue weighted by atomic mass is 16.2. The number of hydrogen-bond donors (Lipinski definition) is 1. The molecule has 2 saturated carbocycles. The van der Waals surface area contributed by atoms with Crippen LogP contribution in [0.25, 0.3) is 10.9 Å². The summed E-state index contributed by atoms with van der Waals surface area (Å²) in [7, 11) is 4.10. The van der Waals surface area contributed by atoms with Crippen molar-refractivity contribution in [2.24, 2.45) is 11.8 Å². The van der Waals surface area contributed by atoms with Crippen molar-refractivity contribution in [3.05, 3.63) is 47.5 Å². The molecule has 7 nitrogen and oxygen atoms in total. The summed E-state index contributed by atoms with van der Waals surface area (Å²) in [5.41, 5.74) is 2.43. The SMILES string of the molecule is Cc1cc(C(=O)NC2CCC(C3CC3c3nc(N(C)C)c4ccccc4n3)CC2)nn1C(C)(C)C. The zero-order chi connectivity index (χ0) is 24.9. The monoisotopic (exact) mass is 474 g/mol. The van der Waals surface area contributed by atoms with Crippen molar-refractivity contribution in [2.75, 3.05) is 19.0 Å². The molecular formula is C28H38N6O. The molecule has 0 saturated heterocycles. The van der Waals surface area contributed by atoms with Gasteiger partial charge in [0.15, 0.2) is 0 Å². The summed E-state index contributed by atoms with van der Waals surface area (Å²) in [4.78, 5) is 24.9. The van der Waals surface area contributed by atoms with E-state index >= 15 is 0 Å². The zero-order valence-corrected chi connectivity index (χ0v) is 21.9. The van der Waals surface area contributed by atoms with E-state index in [9.17, 15) is 4.79 Å². The van der Waals surface area contributed by atoms with Crippen molar-refractivity contribution in [3.8, 4) is 0 Å².